The Morgan fingerprint density at radius 1 is 1.03 bits per heavy atom. The average molecular weight is 434 g/mol. The minimum Gasteiger partial charge on any atom is -0.481 e. The lowest BCUT2D eigenvalue weighted by Crippen LogP contribution is -2.47. The predicted octanol–water partition coefficient (Wildman–Crippen LogP) is 3.29. The maximum absolute atomic E-state index is 12.4. The van der Waals surface area contributed by atoms with Gasteiger partial charge in [0.1, 0.15) is 12.6 Å². The van der Waals surface area contributed by atoms with Gasteiger partial charge >= 0.3 is 12.1 Å². The summed E-state index contributed by atoms with van der Waals surface area (Å²) in [4.78, 5) is 35.3. The van der Waals surface area contributed by atoms with E-state index in [-0.39, 0.29) is 25.4 Å². The van der Waals surface area contributed by atoms with E-state index in [0.29, 0.717) is 19.4 Å². The number of ether oxygens (including phenoxy) is 1. The first kappa shape index (κ1) is 22.9. The van der Waals surface area contributed by atoms with E-state index in [1.54, 1.807) is 0 Å². The van der Waals surface area contributed by atoms with Crippen LogP contribution < -0.4 is 10.6 Å². The molecule has 3 rings (SSSR count). The molecule has 1 aliphatic carbocycles. The van der Waals surface area contributed by atoms with E-state index in [2.05, 4.69) is 28.7 Å². The molecule has 3 N–H and O–H groups in total. The zero-order valence-corrected chi connectivity index (χ0v) is 17.7. The Balaban J connectivity index is 1.54. The predicted molar refractivity (Wildman–Crippen MR) is 120 cm³/mol. The van der Waals surface area contributed by atoms with Crippen molar-refractivity contribution in [1.82, 2.24) is 10.6 Å². The lowest BCUT2D eigenvalue weighted by Gasteiger charge is -2.18. The van der Waals surface area contributed by atoms with E-state index in [9.17, 15) is 14.4 Å². The topological polar surface area (TPSA) is 105 Å². The quantitative estimate of drug-likeness (QED) is 0.393. The van der Waals surface area contributed by atoms with Crippen molar-refractivity contribution in [2.45, 2.75) is 37.6 Å². The molecule has 0 fully saturated rings. The second kappa shape index (κ2) is 11.0. The molecule has 2 aromatic rings. The third-order valence-corrected chi connectivity index (χ3v) is 5.39. The summed E-state index contributed by atoms with van der Waals surface area (Å²) in [6, 6.07) is 15.1. The van der Waals surface area contributed by atoms with Crippen LogP contribution in [0, 0.1) is 12.3 Å². The van der Waals surface area contributed by atoms with Gasteiger partial charge in [0.15, 0.2) is 0 Å². The number of nitrogens with one attached hydrogen (secondary N) is 2. The van der Waals surface area contributed by atoms with Gasteiger partial charge in [0.25, 0.3) is 0 Å². The van der Waals surface area contributed by atoms with Crippen LogP contribution in [0.3, 0.4) is 0 Å². The molecule has 1 aliphatic rings. The number of carboxylic acid groups (broad SMARTS) is 1. The minimum atomic E-state index is -0.921. The van der Waals surface area contributed by atoms with Crippen molar-refractivity contribution in [1.29, 1.82) is 0 Å². The molecule has 0 spiro atoms. The SMILES string of the molecule is C#CCC(NC(=O)OCC1c2ccccc2-c2ccccc21)C(=O)NCCCCC(=O)O. The summed E-state index contributed by atoms with van der Waals surface area (Å²) < 4.78 is 5.47. The molecular formula is C25H26N2O5. The molecule has 2 aromatic carbocycles. The molecular weight excluding hydrogens is 408 g/mol. The third-order valence-electron chi connectivity index (χ3n) is 5.39. The largest absolute Gasteiger partial charge is 0.481 e. The van der Waals surface area contributed by atoms with Gasteiger partial charge in [-0.1, -0.05) is 48.5 Å². The first-order valence-corrected chi connectivity index (χ1v) is 10.6. The van der Waals surface area contributed by atoms with Gasteiger partial charge in [-0.3, -0.25) is 9.59 Å². The van der Waals surface area contributed by atoms with Crippen LogP contribution in [0.4, 0.5) is 4.79 Å². The fourth-order valence-corrected chi connectivity index (χ4v) is 3.85. The number of hydrogen-bond donors (Lipinski definition) is 3. The van der Waals surface area contributed by atoms with E-state index in [1.165, 1.54) is 0 Å². The summed E-state index contributed by atoms with van der Waals surface area (Å²) in [5.41, 5.74) is 4.45. The highest BCUT2D eigenvalue weighted by molar-refractivity contribution is 5.86. The molecule has 1 atom stereocenters. The van der Waals surface area contributed by atoms with E-state index < -0.39 is 24.0 Å². The van der Waals surface area contributed by atoms with Crippen LogP contribution in [-0.4, -0.2) is 42.3 Å². The summed E-state index contributed by atoms with van der Waals surface area (Å²) in [5, 5.41) is 13.9. The zero-order chi connectivity index (χ0) is 22.9. The molecule has 2 amide bonds. The molecule has 0 saturated carbocycles. The van der Waals surface area contributed by atoms with Crippen molar-refractivity contribution in [3.05, 3.63) is 59.7 Å². The summed E-state index contributed by atoms with van der Waals surface area (Å²) >= 11 is 0. The summed E-state index contributed by atoms with van der Waals surface area (Å²) in [5.74, 6) is 1.00. The second-order valence-electron chi connectivity index (χ2n) is 7.57. The molecule has 0 aromatic heterocycles. The molecule has 0 radical (unpaired) electrons. The van der Waals surface area contributed by atoms with Crippen LogP contribution in [0.25, 0.3) is 11.1 Å². The van der Waals surface area contributed by atoms with Crippen molar-refractivity contribution < 1.29 is 24.2 Å². The normalized spacial score (nSPS) is 12.7. The van der Waals surface area contributed by atoms with Crippen molar-refractivity contribution in [3.63, 3.8) is 0 Å². The number of carbonyl (C=O) groups excluding carboxylic acids is 2. The van der Waals surface area contributed by atoms with Crippen LogP contribution in [-0.2, 0) is 14.3 Å². The first-order chi connectivity index (χ1) is 15.5. The highest BCUT2D eigenvalue weighted by Crippen LogP contribution is 2.44. The highest BCUT2D eigenvalue weighted by atomic mass is 16.5. The molecule has 0 bridgehead atoms. The van der Waals surface area contributed by atoms with Gasteiger partial charge in [0.2, 0.25) is 5.91 Å². The first-order valence-electron chi connectivity index (χ1n) is 10.6. The van der Waals surface area contributed by atoms with Gasteiger partial charge in [-0.15, -0.1) is 12.3 Å². The van der Waals surface area contributed by atoms with Gasteiger partial charge in [0.05, 0.1) is 0 Å². The molecule has 166 valence electrons. The number of amides is 2. The van der Waals surface area contributed by atoms with Crippen molar-refractivity contribution in [2.75, 3.05) is 13.2 Å². The van der Waals surface area contributed by atoms with E-state index in [0.717, 1.165) is 22.3 Å². The number of aliphatic carboxylic acids is 1. The van der Waals surface area contributed by atoms with Crippen LogP contribution >= 0.6 is 0 Å². The van der Waals surface area contributed by atoms with Crippen molar-refractivity contribution in [2.24, 2.45) is 0 Å². The number of hydrogen-bond acceptors (Lipinski definition) is 4. The molecule has 7 heteroatoms. The monoisotopic (exact) mass is 434 g/mol. The van der Waals surface area contributed by atoms with Crippen molar-refractivity contribution in [3.8, 4) is 23.5 Å². The number of carbonyl (C=O) groups is 3. The summed E-state index contributed by atoms with van der Waals surface area (Å²) in [6.45, 7) is 0.443. The number of carboxylic acids is 1. The minimum absolute atomic E-state index is 0.0190. The molecule has 0 saturated heterocycles. The fourth-order valence-electron chi connectivity index (χ4n) is 3.85. The maximum Gasteiger partial charge on any atom is 0.407 e. The standard InChI is InChI=1S/C25H26N2O5/c1-2-9-22(24(30)26-15-8-7-14-23(28)29)27-25(31)32-16-21-19-12-5-3-10-17(19)18-11-4-6-13-20(18)21/h1,3-6,10-13,21-22H,7-9,14-16H2,(H,26,30)(H,27,31)(H,28,29). The second-order valence-corrected chi connectivity index (χ2v) is 7.57. The Bertz CT molecular complexity index is 981. The lowest BCUT2D eigenvalue weighted by molar-refractivity contribution is -0.137. The number of benzene rings is 2. The molecule has 1 unspecified atom stereocenters. The molecule has 32 heavy (non-hydrogen) atoms. The smallest absolute Gasteiger partial charge is 0.407 e. The van der Waals surface area contributed by atoms with E-state index in [4.69, 9.17) is 16.3 Å². The highest BCUT2D eigenvalue weighted by Gasteiger charge is 2.29. The number of fused-ring (bicyclic) bond motifs is 3. The Morgan fingerprint density at radius 2 is 1.66 bits per heavy atom. The average Bonchev–Trinajstić information content (AvgIpc) is 3.10. The Morgan fingerprint density at radius 3 is 2.25 bits per heavy atom. The fraction of sp³-hybridized carbons (Fsp3) is 0.320. The zero-order valence-electron chi connectivity index (χ0n) is 17.7. The molecule has 0 heterocycles. The van der Waals surface area contributed by atoms with Gasteiger partial charge in [-0.25, -0.2) is 4.79 Å². The van der Waals surface area contributed by atoms with Crippen LogP contribution in [0.5, 0.6) is 0 Å². The molecule has 0 aliphatic heterocycles. The Hall–Kier alpha value is -3.79. The number of unbranched alkanes of at least 4 members (excludes halogenated alkanes) is 1. The van der Waals surface area contributed by atoms with E-state index >= 15 is 0 Å². The number of terminal acetylenes is 1. The number of rotatable bonds is 10. The van der Waals surface area contributed by atoms with Crippen molar-refractivity contribution >= 4 is 18.0 Å². The Kier molecular flexibility index (Phi) is 7.87. The van der Waals surface area contributed by atoms with Crippen LogP contribution in [0.2, 0.25) is 0 Å². The lowest BCUT2D eigenvalue weighted by atomic mass is 9.98. The van der Waals surface area contributed by atoms with Gasteiger partial charge in [-0.05, 0) is 35.1 Å². The van der Waals surface area contributed by atoms with Gasteiger partial charge in [0, 0.05) is 25.3 Å². The summed E-state index contributed by atoms with van der Waals surface area (Å²) in [6.07, 6.45) is 5.67. The van der Waals surface area contributed by atoms with Gasteiger partial charge in [-0.2, -0.15) is 0 Å². The van der Waals surface area contributed by atoms with E-state index in [1.807, 2.05) is 36.4 Å². The van der Waals surface area contributed by atoms with Gasteiger partial charge < -0.3 is 20.5 Å². The third kappa shape index (κ3) is 5.67. The van der Waals surface area contributed by atoms with Crippen LogP contribution in [0.15, 0.2) is 48.5 Å². The maximum atomic E-state index is 12.4. The number of alkyl carbamates (subject to hydrolysis) is 1. The summed E-state index contributed by atoms with van der Waals surface area (Å²) in [7, 11) is 0. The van der Waals surface area contributed by atoms with Crippen LogP contribution in [0.1, 0.15) is 42.7 Å². The Labute approximate surface area is 187 Å². The molecule has 7 nitrogen and oxygen atoms in total.